The zero-order valence-electron chi connectivity index (χ0n) is 15.0. The Kier molecular flexibility index (Phi) is 5.62. The Morgan fingerprint density at radius 3 is 2.63 bits per heavy atom. The average Bonchev–Trinajstić information content (AvgIpc) is 2.68. The van der Waals surface area contributed by atoms with Gasteiger partial charge in [0, 0.05) is 45.3 Å². The minimum absolute atomic E-state index is 0.0329. The predicted octanol–water partition coefficient (Wildman–Crippen LogP) is 3.48. The van der Waals surface area contributed by atoms with Crippen LogP contribution in [0.4, 0.5) is 19.0 Å². The highest BCUT2D eigenvalue weighted by molar-refractivity contribution is 5.93. The first-order valence-corrected chi connectivity index (χ1v) is 8.78. The average molecular weight is 378 g/mol. The minimum atomic E-state index is -4.38. The maximum Gasteiger partial charge on any atom is 0.416 e. The van der Waals surface area contributed by atoms with Crippen LogP contribution in [0.3, 0.4) is 0 Å². The first kappa shape index (κ1) is 19.1. The van der Waals surface area contributed by atoms with Gasteiger partial charge in [-0.25, -0.2) is 4.98 Å². The van der Waals surface area contributed by atoms with E-state index in [9.17, 15) is 18.0 Å². The molecule has 0 radical (unpaired) electrons. The van der Waals surface area contributed by atoms with E-state index in [2.05, 4.69) is 9.97 Å². The third-order valence-electron chi connectivity index (χ3n) is 4.81. The molecule has 1 fully saturated rings. The van der Waals surface area contributed by atoms with Gasteiger partial charge in [-0.1, -0.05) is 0 Å². The molecule has 1 saturated heterocycles. The lowest BCUT2D eigenvalue weighted by atomic mass is 9.96. The number of carbonyl (C=O) groups excluding carboxylic acids is 1. The van der Waals surface area contributed by atoms with Crippen LogP contribution >= 0.6 is 0 Å². The van der Waals surface area contributed by atoms with Crippen LogP contribution in [0.5, 0.6) is 0 Å². The number of halogens is 3. The summed E-state index contributed by atoms with van der Waals surface area (Å²) < 4.78 is 38.6. The number of pyridine rings is 2. The number of rotatable bonds is 4. The van der Waals surface area contributed by atoms with E-state index in [1.807, 2.05) is 0 Å². The summed E-state index contributed by atoms with van der Waals surface area (Å²) in [6.07, 6.45) is 1.59. The molecule has 2 aromatic rings. The van der Waals surface area contributed by atoms with E-state index < -0.39 is 11.7 Å². The van der Waals surface area contributed by atoms with Crippen molar-refractivity contribution >= 4 is 11.7 Å². The topological polar surface area (TPSA) is 49.3 Å². The normalized spacial score (nSPS) is 15.6. The number of hydrogen-bond acceptors (Lipinski definition) is 4. The third-order valence-corrected chi connectivity index (χ3v) is 4.81. The van der Waals surface area contributed by atoms with E-state index in [1.165, 1.54) is 6.20 Å². The Morgan fingerprint density at radius 2 is 2.00 bits per heavy atom. The summed E-state index contributed by atoms with van der Waals surface area (Å²) in [6.45, 7) is 1.85. The molecule has 0 bridgehead atoms. The van der Waals surface area contributed by atoms with Crippen molar-refractivity contribution in [2.24, 2.45) is 5.92 Å². The number of anilines is 1. The monoisotopic (exact) mass is 378 g/mol. The molecule has 27 heavy (non-hydrogen) atoms. The van der Waals surface area contributed by atoms with E-state index in [1.54, 1.807) is 41.4 Å². The van der Waals surface area contributed by atoms with Crippen molar-refractivity contribution in [1.29, 1.82) is 0 Å². The fourth-order valence-electron chi connectivity index (χ4n) is 3.27. The number of alkyl halides is 3. The maximum absolute atomic E-state index is 12.9. The summed E-state index contributed by atoms with van der Waals surface area (Å²) in [4.78, 5) is 24.0. The van der Waals surface area contributed by atoms with Gasteiger partial charge in [-0.15, -0.1) is 0 Å². The number of likely N-dealkylation sites (tertiary alicyclic amines) is 1. The molecule has 0 N–H and O–H groups in total. The summed E-state index contributed by atoms with van der Waals surface area (Å²) >= 11 is 0. The number of hydrogen-bond donors (Lipinski definition) is 0. The minimum Gasteiger partial charge on any atom is -0.359 e. The standard InChI is InChI=1S/C19H21F3N4O/c1-25(17-11-16(4-8-24-17)19(20,21)22)13-14-5-9-26(10-6-14)18(27)15-3-2-7-23-12-15/h2-4,7-8,11-12,14H,5-6,9-10,13H2,1H3. The summed E-state index contributed by atoms with van der Waals surface area (Å²) in [6, 6.07) is 5.52. The molecule has 0 aliphatic carbocycles. The van der Waals surface area contributed by atoms with Gasteiger partial charge >= 0.3 is 6.18 Å². The van der Waals surface area contributed by atoms with Crippen molar-refractivity contribution < 1.29 is 18.0 Å². The van der Waals surface area contributed by atoms with Gasteiger partial charge in [0.1, 0.15) is 5.82 Å². The molecule has 1 amide bonds. The Balaban J connectivity index is 1.55. The molecule has 8 heteroatoms. The Bertz CT molecular complexity index is 774. The van der Waals surface area contributed by atoms with Crippen molar-refractivity contribution in [3.05, 3.63) is 54.0 Å². The van der Waals surface area contributed by atoms with Crippen LogP contribution < -0.4 is 4.90 Å². The zero-order chi connectivity index (χ0) is 19.4. The highest BCUT2D eigenvalue weighted by atomic mass is 19.4. The molecule has 1 aliphatic heterocycles. The summed E-state index contributed by atoms with van der Waals surface area (Å²) in [5, 5.41) is 0. The van der Waals surface area contributed by atoms with E-state index in [0.29, 0.717) is 36.9 Å². The van der Waals surface area contributed by atoms with Crippen LogP contribution in [-0.2, 0) is 6.18 Å². The smallest absolute Gasteiger partial charge is 0.359 e. The Labute approximate surface area is 155 Å². The van der Waals surface area contributed by atoms with Crippen molar-refractivity contribution in [3.63, 3.8) is 0 Å². The fourth-order valence-corrected chi connectivity index (χ4v) is 3.27. The van der Waals surface area contributed by atoms with Gasteiger partial charge in [0.25, 0.3) is 5.91 Å². The van der Waals surface area contributed by atoms with Crippen LogP contribution in [0.1, 0.15) is 28.8 Å². The fraction of sp³-hybridized carbons (Fsp3) is 0.421. The second-order valence-electron chi connectivity index (χ2n) is 6.76. The molecule has 0 saturated carbocycles. The number of nitrogens with zero attached hydrogens (tertiary/aromatic N) is 4. The van der Waals surface area contributed by atoms with E-state index in [0.717, 1.165) is 25.0 Å². The van der Waals surface area contributed by atoms with E-state index in [-0.39, 0.29) is 5.91 Å². The van der Waals surface area contributed by atoms with Crippen molar-refractivity contribution in [1.82, 2.24) is 14.9 Å². The first-order valence-electron chi connectivity index (χ1n) is 8.78. The van der Waals surface area contributed by atoms with Crippen molar-refractivity contribution in [3.8, 4) is 0 Å². The molecular weight excluding hydrogens is 357 g/mol. The van der Waals surface area contributed by atoms with Crippen molar-refractivity contribution in [2.45, 2.75) is 19.0 Å². The third kappa shape index (κ3) is 4.75. The summed E-state index contributed by atoms with van der Waals surface area (Å²) in [5.74, 6) is 0.567. The maximum atomic E-state index is 12.9. The SMILES string of the molecule is CN(CC1CCN(C(=O)c2cccnc2)CC1)c1cc(C(F)(F)F)ccn1. The number of aromatic nitrogens is 2. The lowest BCUT2D eigenvalue weighted by molar-refractivity contribution is -0.137. The van der Waals surface area contributed by atoms with E-state index >= 15 is 0 Å². The molecular formula is C19H21F3N4O. The van der Waals surface area contributed by atoms with Gasteiger partial charge in [-0.05, 0) is 43.0 Å². The number of amides is 1. The molecule has 144 valence electrons. The summed E-state index contributed by atoms with van der Waals surface area (Å²) in [5.41, 5.74) is -0.127. The molecule has 3 heterocycles. The Morgan fingerprint density at radius 1 is 1.26 bits per heavy atom. The quantitative estimate of drug-likeness (QED) is 0.817. The zero-order valence-corrected chi connectivity index (χ0v) is 15.0. The second kappa shape index (κ2) is 7.94. The van der Waals surface area contributed by atoms with Crippen LogP contribution in [-0.4, -0.2) is 47.5 Å². The van der Waals surface area contributed by atoms with Crippen LogP contribution in [0, 0.1) is 5.92 Å². The molecule has 0 spiro atoms. The number of piperidine rings is 1. The molecule has 0 atom stereocenters. The number of carbonyl (C=O) groups is 1. The first-order chi connectivity index (χ1) is 12.8. The molecule has 0 aromatic carbocycles. The lowest BCUT2D eigenvalue weighted by Crippen LogP contribution is -2.41. The largest absolute Gasteiger partial charge is 0.416 e. The Hall–Kier alpha value is -2.64. The highest BCUT2D eigenvalue weighted by Crippen LogP contribution is 2.31. The van der Waals surface area contributed by atoms with Gasteiger partial charge in [-0.2, -0.15) is 13.2 Å². The van der Waals surface area contributed by atoms with E-state index in [4.69, 9.17) is 0 Å². The molecule has 2 aromatic heterocycles. The summed E-state index contributed by atoms with van der Waals surface area (Å²) in [7, 11) is 1.75. The van der Waals surface area contributed by atoms with Gasteiger partial charge in [-0.3, -0.25) is 9.78 Å². The molecule has 0 unspecified atom stereocenters. The lowest BCUT2D eigenvalue weighted by Gasteiger charge is -2.34. The van der Waals surface area contributed by atoms with Gasteiger partial charge in [0.2, 0.25) is 0 Å². The van der Waals surface area contributed by atoms with Gasteiger partial charge < -0.3 is 9.80 Å². The van der Waals surface area contributed by atoms with Crippen LogP contribution in [0.2, 0.25) is 0 Å². The second-order valence-corrected chi connectivity index (χ2v) is 6.76. The molecule has 5 nitrogen and oxygen atoms in total. The van der Waals surface area contributed by atoms with Crippen LogP contribution in [0.25, 0.3) is 0 Å². The predicted molar refractivity (Wildman–Crippen MR) is 95.4 cm³/mol. The highest BCUT2D eigenvalue weighted by Gasteiger charge is 2.31. The van der Waals surface area contributed by atoms with Crippen molar-refractivity contribution in [2.75, 3.05) is 31.6 Å². The molecule has 3 rings (SSSR count). The van der Waals surface area contributed by atoms with Gasteiger partial charge in [0.15, 0.2) is 0 Å². The molecule has 1 aliphatic rings. The van der Waals surface area contributed by atoms with Gasteiger partial charge in [0.05, 0.1) is 11.1 Å². The van der Waals surface area contributed by atoms with Crippen LogP contribution in [0.15, 0.2) is 42.9 Å².